The predicted octanol–water partition coefficient (Wildman–Crippen LogP) is 3.88. The zero-order chi connectivity index (χ0) is 13.2. The van der Waals surface area contributed by atoms with Crippen LogP contribution in [0.25, 0.3) is 0 Å². The Hall–Kier alpha value is -1.00. The van der Waals surface area contributed by atoms with Gasteiger partial charge in [0.25, 0.3) is 0 Å². The summed E-state index contributed by atoms with van der Waals surface area (Å²) in [5.41, 5.74) is -0.103. The van der Waals surface area contributed by atoms with Crippen molar-refractivity contribution < 1.29 is 14.6 Å². The molecule has 0 aliphatic rings. The van der Waals surface area contributed by atoms with E-state index >= 15 is 0 Å². The van der Waals surface area contributed by atoms with E-state index in [1.807, 2.05) is 20.8 Å². The van der Waals surface area contributed by atoms with Crippen LogP contribution in [-0.4, -0.2) is 17.7 Å². The highest BCUT2D eigenvalue weighted by atomic mass is 35.5. The molecule has 0 atom stereocenters. The minimum Gasteiger partial charge on any atom is -0.486 e. The lowest BCUT2D eigenvalue weighted by Crippen LogP contribution is -2.08. The first kappa shape index (κ1) is 14.1. The smallest absolute Gasteiger partial charge is 0.349 e. The molecular weight excluding hydrogens is 260 g/mol. The van der Waals surface area contributed by atoms with E-state index in [1.54, 1.807) is 6.07 Å². The highest BCUT2D eigenvalue weighted by Gasteiger charge is 2.23. The van der Waals surface area contributed by atoms with Gasteiger partial charge in [-0.05, 0) is 11.5 Å². The maximum atomic E-state index is 11.1. The van der Waals surface area contributed by atoms with Crippen molar-refractivity contribution in [1.82, 2.24) is 0 Å². The molecule has 0 bridgehead atoms. The van der Waals surface area contributed by atoms with E-state index in [0.717, 1.165) is 4.88 Å². The van der Waals surface area contributed by atoms with E-state index in [-0.39, 0.29) is 16.9 Å². The summed E-state index contributed by atoms with van der Waals surface area (Å²) in [7, 11) is 0. The normalized spacial score (nSPS) is 11.3. The molecule has 0 amide bonds. The van der Waals surface area contributed by atoms with Crippen LogP contribution in [0.5, 0.6) is 5.75 Å². The van der Waals surface area contributed by atoms with Gasteiger partial charge >= 0.3 is 5.97 Å². The Kier molecular flexibility index (Phi) is 4.22. The van der Waals surface area contributed by atoms with Crippen LogP contribution in [0, 0.1) is 0 Å². The fourth-order valence-electron chi connectivity index (χ4n) is 1.16. The van der Waals surface area contributed by atoms with Crippen LogP contribution in [0.4, 0.5) is 0 Å². The molecule has 0 aliphatic carbocycles. The quantitative estimate of drug-likeness (QED) is 0.906. The number of thiophene rings is 1. The Morgan fingerprint density at radius 3 is 2.59 bits per heavy atom. The van der Waals surface area contributed by atoms with Crippen LogP contribution in [-0.2, 0) is 5.41 Å². The maximum Gasteiger partial charge on any atom is 0.349 e. The van der Waals surface area contributed by atoms with Crippen molar-refractivity contribution in [2.45, 2.75) is 26.2 Å². The van der Waals surface area contributed by atoms with Gasteiger partial charge in [0.2, 0.25) is 0 Å². The fourth-order valence-corrected chi connectivity index (χ4v) is 2.21. The van der Waals surface area contributed by atoms with Gasteiger partial charge < -0.3 is 9.84 Å². The number of rotatable bonds is 4. The van der Waals surface area contributed by atoms with E-state index in [1.165, 1.54) is 11.3 Å². The zero-order valence-electron chi connectivity index (χ0n) is 10.0. The van der Waals surface area contributed by atoms with Gasteiger partial charge in [0.05, 0.1) is 0 Å². The lowest BCUT2D eigenvalue weighted by molar-refractivity contribution is 0.0698. The van der Waals surface area contributed by atoms with Gasteiger partial charge in [0, 0.05) is 9.91 Å². The number of hydrogen-bond acceptors (Lipinski definition) is 3. The molecule has 1 rings (SSSR count). The zero-order valence-corrected chi connectivity index (χ0v) is 11.6. The van der Waals surface area contributed by atoms with Crippen molar-refractivity contribution >= 4 is 28.9 Å². The van der Waals surface area contributed by atoms with Crippen molar-refractivity contribution in [3.63, 3.8) is 0 Å². The fraction of sp³-hybridized carbons (Fsp3) is 0.417. The molecule has 0 aromatic carbocycles. The molecule has 0 fully saturated rings. The highest BCUT2D eigenvalue weighted by Crippen LogP contribution is 2.36. The number of carbonyl (C=O) groups is 1. The summed E-state index contributed by atoms with van der Waals surface area (Å²) >= 11 is 6.82. The minimum absolute atomic E-state index is 0.103. The van der Waals surface area contributed by atoms with Gasteiger partial charge in [0.1, 0.15) is 12.4 Å². The predicted molar refractivity (Wildman–Crippen MR) is 70.5 cm³/mol. The summed E-state index contributed by atoms with van der Waals surface area (Å²) < 4.78 is 5.33. The Morgan fingerprint density at radius 1 is 1.59 bits per heavy atom. The van der Waals surface area contributed by atoms with Crippen molar-refractivity contribution in [3.05, 3.63) is 27.4 Å². The molecule has 0 radical (unpaired) electrons. The second kappa shape index (κ2) is 5.10. The van der Waals surface area contributed by atoms with Crippen LogP contribution in [0.1, 0.15) is 35.3 Å². The van der Waals surface area contributed by atoms with E-state index in [2.05, 4.69) is 6.58 Å². The third-order valence-electron chi connectivity index (χ3n) is 2.02. The molecule has 0 unspecified atom stereocenters. The number of aromatic carboxylic acids is 1. The SMILES string of the molecule is C=C(Cl)COc1cc(C(C)(C)C)sc1C(=O)O. The Bertz CT molecular complexity index is 443. The Labute approximate surface area is 110 Å². The highest BCUT2D eigenvalue weighted by molar-refractivity contribution is 7.14. The molecule has 1 N–H and O–H groups in total. The summed E-state index contributed by atoms with van der Waals surface area (Å²) in [6, 6.07) is 1.76. The molecule has 0 saturated heterocycles. The van der Waals surface area contributed by atoms with Crippen molar-refractivity contribution in [3.8, 4) is 5.75 Å². The van der Waals surface area contributed by atoms with E-state index in [0.29, 0.717) is 10.8 Å². The third kappa shape index (κ3) is 3.75. The van der Waals surface area contributed by atoms with Gasteiger partial charge in [-0.15, -0.1) is 11.3 Å². The summed E-state index contributed by atoms with van der Waals surface area (Å²) in [5, 5.41) is 9.42. The van der Waals surface area contributed by atoms with Crippen LogP contribution in [0.2, 0.25) is 0 Å². The monoisotopic (exact) mass is 274 g/mol. The maximum absolute atomic E-state index is 11.1. The Morgan fingerprint density at radius 2 is 2.18 bits per heavy atom. The number of hydrogen-bond donors (Lipinski definition) is 1. The van der Waals surface area contributed by atoms with E-state index in [4.69, 9.17) is 21.4 Å². The average molecular weight is 275 g/mol. The molecule has 94 valence electrons. The number of halogens is 1. The topological polar surface area (TPSA) is 46.5 Å². The standard InChI is InChI=1S/C12H15ClO3S/c1-7(13)6-16-8-5-9(12(2,3)4)17-10(8)11(14)15/h5H,1,6H2,2-4H3,(H,14,15). The van der Waals surface area contributed by atoms with Crippen molar-refractivity contribution in [1.29, 1.82) is 0 Å². The second-order valence-corrected chi connectivity index (χ2v) is 6.25. The van der Waals surface area contributed by atoms with Crippen LogP contribution < -0.4 is 4.74 Å². The molecule has 17 heavy (non-hydrogen) atoms. The summed E-state index contributed by atoms with van der Waals surface area (Å²) in [6.45, 7) is 9.68. The van der Waals surface area contributed by atoms with Crippen LogP contribution >= 0.6 is 22.9 Å². The second-order valence-electron chi connectivity index (χ2n) is 4.67. The summed E-state index contributed by atoms with van der Waals surface area (Å²) in [6.07, 6.45) is 0. The molecule has 5 heteroatoms. The first-order valence-electron chi connectivity index (χ1n) is 5.05. The lowest BCUT2D eigenvalue weighted by atomic mass is 9.95. The number of carboxylic acid groups (broad SMARTS) is 1. The minimum atomic E-state index is -0.985. The van der Waals surface area contributed by atoms with Gasteiger partial charge in [0.15, 0.2) is 4.88 Å². The van der Waals surface area contributed by atoms with Gasteiger partial charge in [-0.25, -0.2) is 4.79 Å². The lowest BCUT2D eigenvalue weighted by Gasteiger charge is -2.14. The first-order chi connectivity index (χ1) is 7.71. The number of carboxylic acids is 1. The molecular formula is C12H15ClO3S. The molecule has 0 saturated carbocycles. The molecule has 0 spiro atoms. The van der Waals surface area contributed by atoms with Crippen LogP contribution in [0.3, 0.4) is 0 Å². The molecule has 0 aliphatic heterocycles. The summed E-state index contributed by atoms with van der Waals surface area (Å²) in [5.74, 6) is -0.630. The third-order valence-corrected chi connectivity index (χ3v) is 3.65. The van der Waals surface area contributed by atoms with E-state index < -0.39 is 5.97 Å². The Balaban J connectivity index is 3.06. The largest absolute Gasteiger partial charge is 0.486 e. The summed E-state index contributed by atoms with van der Waals surface area (Å²) in [4.78, 5) is 12.2. The number of ether oxygens (including phenoxy) is 1. The van der Waals surface area contributed by atoms with Gasteiger partial charge in [-0.2, -0.15) is 0 Å². The van der Waals surface area contributed by atoms with E-state index in [9.17, 15) is 4.79 Å². The van der Waals surface area contributed by atoms with Crippen LogP contribution in [0.15, 0.2) is 17.7 Å². The molecule has 3 nitrogen and oxygen atoms in total. The van der Waals surface area contributed by atoms with Gasteiger partial charge in [-0.3, -0.25) is 0 Å². The van der Waals surface area contributed by atoms with Gasteiger partial charge in [-0.1, -0.05) is 39.0 Å². The molecule has 1 aromatic rings. The molecule has 1 heterocycles. The average Bonchev–Trinajstić information content (AvgIpc) is 2.57. The van der Waals surface area contributed by atoms with Crippen molar-refractivity contribution in [2.24, 2.45) is 0 Å². The molecule has 1 aromatic heterocycles. The van der Waals surface area contributed by atoms with Crippen molar-refractivity contribution in [2.75, 3.05) is 6.61 Å². The first-order valence-corrected chi connectivity index (χ1v) is 6.25.